The maximum atomic E-state index is 5.18. The number of hydrogen-bond donors (Lipinski definition) is 0. The summed E-state index contributed by atoms with van der Waals surface area (Å²) in [7, 11) is 0. The lowest BCUT2D eigenvalue weighted by molar-refractivity contribution is 0.768. The van der Waals surface area contributed by atoms with E-state index in [0.717, 1.165) is 44.5 Å². The quantitative estimate of drug-likeness (QED) is 0.171. The van der Waals surface area contributed by atoms with Gasteiger partial charge in [-0.05, 0) is 114 Å². The van der Waals surface area contributed by atoms with E-state index < -0.39 is 5.41 Å². The van der Waals surface area contributed by atoms with Gasteiger partial charge >= 0.3 is 0 Å². The van der Waals surface area contributed by atoms with Crippen LogP contribution in [0.15, 0.2) is 219 Å². The van der Waals surface area contributed by atoms with Gasteiger partial charge in [-0.15, -0.1) is 0 Å². The van der Waals surface area contributed by atoms with Crippen LogP contribution in [0.1, 0.15) is 22.3 Å². The molecule has 0 atom stereocenters. The van der Waals surface area contributed by atoms with Gasteiger partial charge in [-0.25, -0.2) is 4.98 Å². The zero-order valence-electron chi connectivity index (χ0n) is 31.2. The van der Waals surface area contributed by atoms with E-state index in [0.29, 0.717) is 0 Å². The van der Waals surface area contributed by atoms with Crippen LogP contribution in [0.2, 0.25) is 0 Å². The van der Waals surface area contributed by atoms with Crippen molar-refractivity contribution < 1.29 is 0 Å². The predicted molar refractivity (Wildman–Crippen MR) is 236 cm³/mol. The number of rotatable bonds is 6. The summed E-state index contributed by atoms with van der Waals surface area (Å²) < 4.78 is 0. The topological polar surface area (TPSA) is 25.8 Å². The van der Waals surface area contributed by atoms with Crippen molar-refractivity contribution in [3.63, 3.8) is 0 Å². The Morgan fingerprint density at radius 2 is 0.965 bits per heavy atom. The molecule has 2 heteroatoms. The lowest BCUT2D eigenvalue weighted by atomic mass is 9.67. The average molecular weight is 725 g/mol. The largest absolute Gasteiger partial charge is 0.255 e. The fourth-order valence-corrected chi connectivity index (χ4v) is 9.24. The van der Waals surface area contributed by atoms with Gasteiger partial charge in [0.2, 0.25) is 0 Å². The summed E-state index contributed by atoms with van der Waals surface area (Å²) in [5.74, 6) is 0. The Bertz CT molecular complexity index is 3060. The minimum absolute atomic E-state index is 0.435. The van der Waals surface area contributed by atoms with Crippen molar-refractivity contribution >= 4 is 21.7 Å². The Balaban J connectivity index is 1.06. The van der Waals surface area contributed by atoms with Crippen LogP contribution >= 0.6 is 0 Å². The average Bonchev–Trinajstić information content (AvgIpc) is 3.60. The Morgan fingerprint density at radius 1 is 0.351 bits per heavy atom. The minimum atomic E-state index is -0.435. The number of pyridine rings is 2. The minimum Gasteiger partial charge on any atom is -0.255 e. The van der Waals surface area contributed by atoms with Crippen molar-refractivity contribution in [2.45, 2.75) is 5.41 Å². The lowest BCUT2D eigenvalue weighted by Crippen LogP contribution is -2.28. The molecule has 0 fully saturated rings. The van der Waals surface area contributed by atoms with Gasteiger partial charge in [-0.2, -0.15) is 0 Å². The molecule has 0 aliphatic heterocycles. The zero-order chi connectivity index (χ0) is 37.8. The van der Waals surface area contributed by atoms with Crippen molar-refractivity contribution in [2.24, 2.45) is 0 Å². The maximum Gasteiger partial charge on any atom is 0.0900 e. The van der Waals surface area contributed by atoms with Crippen LogP contribution in [0.4, 0.5) is 0 Å². The van der Waals surface area contributed by atoms with Crippen molar-refractivity contribution in [3.05, 3.63) is 241 Å². The monoisotopic (exact) mass is 724 g/mol. The van der Waals surface area contributed by atoms with Gasteiger partial charge in [0.15, 0.2) is 0 Å². The van der Waals surface area contributed by atoms with Crippen molar-refractivity contribution in [3.8, 4) is 55.9 Å². The van der Waals surface area contributed by atoms with Gasteiger partial charge in [0.25, 0.3) is 0 Å². The van der Waals surface area contributed by atoms with Crippen LogP contribution in [0.3, 0.4) is 0 Å². The molecule has 266 valence electrons. The van der Waals surface area contributed by atoms with Crippen LogP contribution in [-0.4, -0.2) is 9.97 Å². The number of aromatic nitrogens is 2. The van der Waals surface area contributed by atoms with Crippen LogP contribution in [0.5, 0.6) is 0 Å². The van der Waals surface area contributed by atoms with E-state index in [4.69, 9.17) is 4.98 Å². The fourth-order valence-electron chi connectivity index (χ4n) is 9.24. The molecule has 2 heterocycles. The predicted octanol–water partition coefficient (Wildman–Crippen LogP) is 13.8. The zero-order valence-corrected chi connectivity index (χ0v) is 31.2. The first-order valence-electron chi connectivity index (χ1n) is 19.6. The SMILES string of the molecule is c1ccc(-c2cc(-c3ccccn3)nc3cc(-c4ccc5ccc(-c6cccc7c6-c6ccccc6C7(c6ccccc6)c6ccccc6)cc5c4)ccc23)cc1. The molecule has 11 rings (SSSR count). The van der Waals surface area contributed by atoms with E-state index >= 15 is 0 Å². The van der Waals surface area contributed by atoms with Crippen molar-refractivity contribution in [1.82, 2.24) is 9.97 Å². The highest BCUT2D eigenvalue weighted by atomic mass is 14.8. The van der Waals surface area contributed by atoms with Gasteiger partial charge in [-0.1, -0.05) is 176 Å². The smallest absolute Gasteiger partial charge is 0.0900 e. The number of fused-ring (bicyclic) bond motifs is 5. The Kier molecular flexibility index (Phi) is 7.75. The molecule has 0 bridgehead atoms. The van der Waals surface area contributed by atoms with Crippen molar-refractivity contribution in [1.29, 1.82) is 0 Å². The van der Waals surface area contributed by atoms with Gasteiger partial charge in [-0.3, -0.25) is 4.98 Å². The highest BCUT2D eigenvalue weighted by Gasteiger charge is 2.46. The molecule has 0 spiro atoms. The molecule has 0 radical (unpaired) electrons. The molecular formula is C55H36N2. The highest BCUT2D eigenvalue weighted by molar-refractivity contribution is 6.01. The first-order valence-corrected chi connectivity index (χ1v) is 19.6. The highest BCUT2D eigenvalue weighted by Crippen LogP contribution is 2.58. The van der Waals surface area contributed by atoms with Gasteiger partial charge in [0.1, 0.15) is 0 Å². The molecule has 0 amide bonds. The first kappa shape index (κ1) is 33.0. The molecule has 2 aromatic heterocycles. The molecule has 0 saturated heterocycles. The summed E-state index contributed by atoms with van der Waals surface area (Å²) in [6.45, 7) is 0. The third-order valence-electron chi connectivity index (χ3n) is 11.8. The van der Waals surface area contributed by atoms with Gasteiger partial charge in [0.05, 0.1) is 22.3 Å². The number of hydrogen-bond acceptors (Lipinski definition) is 2. The molecule has 8 aromatic carbocycles. The fraction of sp³-hybridized carbons (Fsp3) is 0.0182. The summed E-state index contributed by atoms with van der Waals surface area (Å²) in [5.41, 5.74) is 17.0. The third kappa shape index (κ3) is 5.33. The molecule has 0 N–H and O–H groups in total. The summed E-state index contributed by atoms with van der Waals surface area (Å²) in [4.78, 5) is 9.83. The summed E-state index contributed by atoms with van der Waals surface area (Å²) in [6.07, 6.45) is 1.83. The second kappa shape index (κ2) is 13.4. The van der Waals surface area contributed by atoms with Crippen LogP contribution < -0.4 is 0 Å². The molecule has 57 heavy (non-hydrogen) atoms. The normalized spacial score (nSPS) is 12.7. The van der Waals surface area contributed by atoms with Crippen LogP contribution in [-0.2, 0) is 5.41 Å². The number of nitrogens with zero attached hydrogens (tertiary/aromatic N) is 2. The van der Waals surface area contributed by atoms with Crippen LogP contribution in [0.25, 0.3) is 77.6 Å². The van der Waals surface area contributed by atoms with E-state index in [2.05, 4.69) is 199 Å². The van der Waals surface area contributed by atoms with Gasteiger partial charge < -0.3 is 0 Å². The van der Waals surface area contributed by atoms with Crippen molar-refractivity contribution in [2.75, 3.05) is 0 Å². The third-order valence-corrected chi connectivity index (χ3v) is 11.8. The Hall–Kier alpha value is -7.42. The summed E-state index contributed by atoms with van der Waals surface area (Å²) in [6, 6.07) is 77.0. The standard InChI is InChI=1S/C55H36N2/c1-4-15-38(16-5-1)48-36-53(51-25-12-13-32-56-51)57-52-35-40(30-31-46(48)52)39-28-26-37-27-29-41(34-42(37)33-39)45-22-14-24-50-54(45)47-21-10-11-23-49(47)55(50,43-17-6-2-7-18-43)44-19-8-3-9-20-44/h1-36H. The summed E-state index contributed by atoms with van der Waals surface area (Å²) >= 11 is 0. The van der Waals surface area contributed by atoms with E-state index in [-0.39, 0.29) is 0 Å². The van der Waals surface area contributed by atoms with Gasteiger partial charge in [0, 0.05) is 11.6 Å². The molecule has 10 aromatic rings. The van der Waals surface area contributed by atoms with E-state index in [1.54, 1.807) is 0 Å². The van der Waals surface area contributed by atoms with E-state index in [1.165, 1.54) is 55.3 Å². The summed E-state index contributed by atoms with van der Waals surface area (Å²) in [5, 5.41) is 3.53. The number of benzene rings is 8. The molecule has 0 unspecified atom stereocenters. The maximum absolute atomic E-state index is 5.18. The molecule has 2 nitrogen and oxygen atoms in total. The molecule has 1 aliphatic rings. The second-order valence-corrected chi connectivity index (χ2v) is 14.9. The van der Waals surface area contributed by atoms with E-state index in [1.807, 2.05) is 24.4 Å². The Labute approximate surface area is 332 Å². The van der Waals surface area contributed by atoms with E-state index in [9.17, 15) is 0 Å². The second-order valence-electron chi connectivity index (χ2n) is 14.9. The Morgan fingerprint density at radius 3 is 1.72 bits per heavy atom. The lowest BCUT2D eigenvalue weighted by Gasteiger charge is -2.34. The molecular weight excluding hydrogens is 689 g/mol. The van der Waals surface area contributed by atoms with Crippen LogP contribution in [0, 0.1) is 0 Å². The molecule has 1 aliphatic carbocycles. The first-order chi connectivity index (χ1) is 28.3. The molecule has 0 saturated carbocycles.